The van der Waals surface area contributed by atoms with Crippen molar-refractivity contribution in [2.24, 2.45) is 11.7 Å². The second-order valence-corrected chi connectivity index (χ2v) is 12.5. The van der Waals surface area contributed by atoms with E-state index in [0.29, 0.717) is 25.9 Å². The molecule has 14 heteroatoms. The van der Waals surface area contributed by atoms with Crippen molar-refractivity contribution in [2.75, 3.05) is 26.7 Å². The van der Waals surface area contributed by atoms with Crippen molar-refractivity contribution >= 4 is 28.9 Å². The van der Waals surface area contributed by atoms with Gasteiger partial charge in [0.25, 0.3) is 0 Å². The van der Waals surface area contributed by atoms with Crippen molar-refractivity contribution in [2.45, 2.75) is 70.5 Å². The predicted octanol–water partition coefficient (Wildman–Crippen LogP) is 3.19. The van der Waals surface area contributed by atoms with E-state index in [0.717, 1.165) is 71.0 Å². The average Bonchev–Trinajstić information content (AvgIpc) is 3.91. The first kappa shape index (κ1) is 32.1. The Morgan fingerprint density at radius 1 is 0.979 bits per heavy atom. The molecule has 0 saturated carbocycles. The minimum atomic E-state index is -0.672. The Morgan fingerprint density at radius 2 is 1.74 bits per heavy atom. The van der Waals surface area contributed by atoms with E-state index < -0.39 is 12.1 Å². The highest BCUT2D eigenvalue weighted by molar-refractivity contribution is 5.86. The third-order valence-electron chi connectivity index (χ3n) is 9.11. The Balaban J connectivity index is 1.08. The SMILES string of the molecule is COC(=O)NC(C(=O)N1CCCC1c1ncc(CCc2cnc(-c3ccc4nc(C5CCCN5C(=O)CN)[nH]c4c3)cn2)[nH]1)C(C)C. The van der Waals surface area contributed by atoms with Gasteiger partial charge in [-0.2, -0.15) is 0 Å². The van der Waals surface area contributed by atoms with Crippen LogP contribution in [0.1, 0.15) is 74.7 Å². The number of aromatic amines is 2. The molecule has 6 rings (SSSR count). The van der Waals surface area contributed by atoms with E-state index in [2.05, 4.69) is 30.2 Å². The summed E-state index contributed by atoms with van der Waals surface area (Å²) < 4.78 is 4.73. The van der Waals surface area contributed by atoms with Crippen LogP contribution in [0.5, 0.6) is 0 Å². The van der Waals surface area contributed by atoms with Crippen LogP contribution in [0.25, 0.3) is 22.3 Å². The molecule has 2 aliphatic rings. The molecule has 2 fully saturated rings. The number of nitrogens with zero attached hydrogens (tertiary/aromatic N) is 6. The highest BCUT2D eigenvalue weighted by Gasteiger charge is 2.37. The number of amides is 3. The van der Waals surface area contributed by atoms with E-state index in [-0.39, 0.29) is 36.4 Å². The number of alkyl carbamates (subject to hydrolysis) is 1. The molecular weight excluding hydrogens is 600 g/mol. The summed E-state index contributed by atoms with van der Waals surface area (Å²) in [5.41, 5.74) is 10.8. The lowest BCUT2D eigenvalue weighted by atomic mass is 10.0. The van der Waals surface area contributed by atoms with Gasteiger partial charge in [0.05, 0.1) is 54.4 Å². The van der Waals surface area contributed by atoms with Gasteiger partial charge in [0.15, 0.2) is 0 Å². The molecule has 0 aliphatic carbocycles. The van der Waals surface area contributed by atoms with Crippen LogP contribution in [0.3, 0.4) is 0 Å². The van der Waals surface area contributed by atoms with E-state index in [9.17, 15) is 14.4 Å². The van der Waals surface area contributed by atoms with Crippen LogP contribution in [0, 0.1) is 5.92 Å². The molecule has 3 atom stereocenters. The number of hydrogen-bond donors (Lipinski definition) is 4. The van der Waals surface area contributed by atoms with Crippen molar-refractivity contribution in [1.29, 1.82) is 0 Å². The zero-order valence-corrected chi connectivity index (χ0v) is 27.0. The molecular formula is C33H42N10O4. The maximum atomic E-state index is 13.4. The number of H-pyrrole nitrogens is 2. The number of carbonyl (C=O) groups is 3. The third-order valence-corrected chi connectivity index (χ3v) is 9.11. The van der Waals surface area contributed by atoms with Crippen molar-refractivity contribution < 1.29 is 19.1 Å². The van der Waals surface area contributed by atoms with E-state index in [4.69, 9.17) is 15.5 Å². The Labute approximate surface area is 272 Å². The van der Waals surface area contributed by atoms with Crippen molar-refractivity contribution in [3.8, 4) is 11.3 Å². The molecule has 2 saturated heterocycles. The number of hydrogen-bond acceptors (Lipinski definition) is 9. The van der Waals surface area contributed by atoms with Gasteiger partial charge in [0, 0.05) is 36.7 Å². The first-order valence-electron chi connectivity index (χ1n) is 16.2. The second-order valence-electron chi connectivity index (χ2n) is 12.5. The first-order valence-corrected chi connectivity index (χ1v) is 16.2. The molecule has 3 amide bonds. The Hall–Kier alpha value is -4.85. The van der Waals surface area contributed by atoms with E-state index in [1.807, 2.05) is 43.1 Å². The van der Waals surface area contributed by atoms with Gasteiger partial charge in [0.2, 0.25) is 11.8 Å². The molecule has 2 aliphatic heterocycles. The van der Waals surface area contributed by atoms with Gasteiger partial charge in [-0.25, -0.2) is 14.8 Å². The maximum Gasteiger partial charge on any atom is 0.407 e. The van der Waals surface area contributed by atoms with E-state index >= 15 is 0 Å². The Bertz CT molecular complexity index is 1730. The first-order chi connectivity index (χ1) is 22.7. The fourth-order valence-corrected chi connectivity index (χ4v) is 6.57. The number of aryl methyl sites for hydroxylation is 2. The number of rotatable bonds is 10. The van der Waals surface area contributed by atoms with Crippen LogP contribution < -0.4 is 11.1 Å². The highest BCUT2D eigenvalue weighted by atomic mass is 16.5. The third kappa shape index (κ3) is 6.82. The monoisotopic (exact) mass is 642 g/mol. The van der Waals surface area contributed by atoms with Crippen molar-refractivity contribution in [3.63, 3.8) is 0 Å². The number of aromatic nitrogens is 6. The molecule has 0 spiro atoms. The predicted molar refractivity (Wildman–Crippen MR) is 174 cm³/mol. The lowest BCUT2D eigenvalue weighted by molar-refractivity contribution is -0.135. The molecule has 1 aromatic carbocycles. The van der Waals surface area contributed by atoms with Crippen LogP contribution in [0.4, 0.5) is 4.79 Å². The normalized spacial score (nSPS) is 18.7. The van der Waals surface area contributed by atoms with Crippen LogP contribution in [0.15, 0.2) is 36.8 Å². The number of likely N-dealkylation sites (tertiary alicyclic amines) is 2. The van der Waals surface area contributed by atoms with Crippen molar-refractivity contribution in [1.82, 2.24) is 45.0 Å². The molecule has 14 nitrogen and oxygen atoms in total. The van der Waals surface area contributed by atoms with E-state index in [1.54, 1.807) is 17.3 Å². The highest BCUT2D eigenvalue weighted by Crippen LogP contribution is 2.33. The van der Waals surface area contributed by atoms with Crippen LogP contribution in [0.2, 0.25) is 0 Å². The summed E-state index contributed by atoms with van der Waals surface area (Å²) in [6, 6.07) is 5.01. The fraction of sp³-hybridized carbons (Fsp3) is 0.485. The van der Waals surface area contributed by atoms with Gasteiger partial charge in [-0.15, -0.1) is 0 Å². The van der Waals surface area contributed by atoms with E-state index in [1.165, 1.54) is 7.11 Å². The molecule has 3 aromatic heterocycles. The van der Waals surface area contributed by atoms with Crippen molar-refractivity contribution in [3.05, 3.63) is 59.8 Å². The van der Waals surface area contributed by atoms with Gasteiger partial charge in [-0.05, 0) is 56.6 Å². The standard InChI is InChI=1S/C33H42N10O4/c1-19(2)29(41-33(46)47-3)32(45)43-13-5-6-26(43)30-37-17-22(38-30)10-9-21-16-36-25(18-35-21)20-8-11-23-24(14-20)40-31(39-23)27-7-4-12-42(27)28(44)15-34/h8,11,14,16-19,26-27,29H,4-7,9-10,12-13,15,34H2,1-3H3,(H,37,38)(H,39,40)(H,41,46). The number of imidazole rings is 2. The lowest BCUT2D eigenvalue weighted by Gasteiger charge is -2.30. The summed E-state index contributed by atoms with van der Waals surface area (Å²) in [7, 11) is 1.29. The molecule has 47 heavy (non-hydrogen) atoms. The van der Waals surface area contributed by atoms with Gasteiger partial charge in [-0.3, -0.25) is 19.6 Å². The van der Waals surface area contributed by atoms with Gasteiger partial charge < -0.3 is 35.6 Å². The molecule has 5 N–H and O–H groups in total. The topological polar surface area (TPSA) is 188 Å². The zero-order valence-electron chi connectivity index (χ0n) is 27.0. The lowest BCUT2D eigenvalue weighted by Crippen LogP contribution is -2.51. The van der Waals surface area contributed by atoms with Gasteiger partial charge in [0.1, 0.15) is 17.7 Å². The minimum absolute atomic E-state index is 0.00227. The quantitative estimate of drug-likeness (QED) is 0.201. The van der Waals surface area contributed by atoms with Crippen LogP contribution in [-0.4, -0.2) is 90.4 Å². The number of nitrogens with one attached hydrogen (secondary N) is 3. The summed E-state index contributed by atoms with van der Waals surface area (Å²) in [6.45, 7) is 5.10. The largest absolute Gasteiger partial charge is 0.453 e. The minimum Gasteiger partial charge on any atom is -0.453 e. The summed E-state index contributed by atoms with van der Waals surface area (Å²) in [6.07, 6.45) is 9.58. The summed E-state index contributed by atoms with van der Waals surface area (Å²) in [4.78, 5) is 66.7. The number of fused-ring (bicyclic) bond motifs is 1. The number of methoxy groups -OCH3 is 1. The smallest absolute Gasteiger partial charge is 0.407 e. The molecule has 0 bridgehead atoms. The molecule has 3 unspecified atom stereocenters. The molecule has 4 aromatic rings. The Kier molecular flexibility index (Phi) is 9.48. The number of benzene rings is 1. The van der Waals surface area contributed by atoms with Gasteiger partial charge >= 0.3 is 6.09 Å². The molecule has 248 valence electrons. The second kappa shape index (κ2) is 13.9. The average molecular weight is 643 g/mol. The fourth-order valence-electron chi connectivity index (χ4n) is 6.57. The molecule has 5 heterocycles. The summed E-state index contributed by atoms with van der Waals surface area (Å²) >= 11 is 0. The zero-order chi connectivity index (χ0) is 33.1. The number of ether oxygens (including phenoxy) is 1. The summed E-state index contributed by atoms with van der Waals surface area (Å²) in [5, 5.41) is 2.68. The number of carbonyl (C=O) groups excluding carboxylic acids is 3. The van der Waals surface area contributed by atoms with Gasteiger partial charge in [-0.1, -0.05) is 19.9 Å². The number of nitrogens with two attached hydrogens (primary N) is 1. The van der Waals surface area contributed by atoms with Crippen LogP contribution in [-0.2, 0) is 27.2 Å². The summed E-state index contributed by atoms with van der Waals surface area (Å²) in [5.74, 6) is 1.24. The maximum absolute atomic E-state index is 13.4. The molecule has 0 radical (unpaired) electrons. The Morgan fingerprint density at radius 3 is 2.45 bits per heavy atom. The van der Waals surface area contributed by atoms with Crippen LogP contribution >= 0.6 is 0 Å².